The molecule has 0 radical (unpaired) electrons. The fourth-order valence-corrected chi connectivity index (χ4v) is 4.79. The van der Waals surface area contributed by atoms with Crippen LogP contribution in [0.5, 0.6) is 0 Å². The Morgan fingerprint density at radius 3 is 2.31 bits per heavy atom. The van der Waals surface area contributed by atoms with Crippen LogP contribution in [0.15, 0.2) is 11.1 Å². The summed E-state index contributed by atoms with van der Waals surface area (Å²) in [6, 6.07) is 0. The summed E-state index contributed by atoms with van der Waals surface area (Å²) in [6.07, 6.45) is 1.67. The Balaban J connectivity index is 3.05. The molecule has 2 unspecified atom stereocenters. The molecule has 0 aromatic carbocycles. The lowest BCUT2D eigenvalue weighted by Gasteiger charge is -2.47. The van der Waals surface area contributed by atoms with Gasteiger partial charge in [-0.1, -0.05) is 40.2 Å². The van der Waals surface area contributed by atoms with E-state index in [2.05, 4.69) is 47.7 Å². The highest BCUT2D eigenvalue weighted by atomic mass is 28.4. The van der Waals surface area contributed by atoms with Crippen molar-refractivity contribution in [1.29, 1.82) is 0 Å². The van der Waals surface area contributed by atoms with Crippen molar-refractivity contribution in [3.05, 3.63) is 11.1 Å². The Hall–Kier alpha value is -0.943. The second-order valence-corrected chi connectivity index (χ2v) is 14.5. The predicted octanol–water partition coefficient (Wildman–Crippen LogP) is 5.42. The molecule has 4 nitrogen and oxygen atoms in total. The maximum Gasteiger partial charge on any atom is 0.302 e. The molecular weight excluding hydrogens is 344 g/mol. The van der Waals surface area contributed by atoms with Gasteiger partial charge in [-0.3, -0.25) is 9.59 Å². The highest BCUT2D eigenvalue weighted by Gasteiger charge is 2.47. The topological polar surface area (TPSA) is 52.6 Å². The molecule has 0 N–H and O–H groups in total. The van der Waals surface area contributed by atoms with Crippen LogP contribution < -0.4 is 0 Å². The molecule has 0 aromatic heterocycles. The molecule has 0 fully saturated rings. The first-order valence-electron chi connectivity index (χ1n) is 9.68. The second-order valence-electron chi connectivity index (χ2n) is 9.78. The number of allylic oxidation sites excluding steroid dienone is 1. The number of hydrogen-bond acceptors (Lipinski definition) is 4. The van der Waals surface area contributed by atoms with Crippen molar-refractivity contribution < 1.29 is 18.8 Å². The average Bonchev–Trinajstić information content (AvgIpc) is 2.42. The zero-order chi connectivity index (χ0) is 20.5. The SMILES string of the molecule is CC(=O)OC(C)CCC1=C(C)C(=O)CC(O[Si](C)(C)C(C)(C)C)C1(C)C. The van der Waals surface area contributed by atoms with E-state index in [1.165, 1.54) is 6.92 Å². The standard InChI is InChI=1S/C21H38O4Si/c1-14(24-16(3)22)11-12-17-15(2)18(23)13-19(21(17,7)8)25-26(9,10)20(4,5)6/h14,19H,11-13H2,1-10H3. The van der Waals surface area contributed by atoms with Gasteiger partial charge in [-0.05, 0) is 50.4 Å². The van der Waals surface area contributed by atoms with Crippen molar-refractivity contribution in [2.24, 2.45) is 5.41 Å². The molecule has 0 saturated heterocycles. The van der Waals surface area contributed by atoms with E-state index in [0.717, 1.165) is 24.0 Å². The van der Waals surface area contributed by atoms with Crippen LogP contribution in [0.3, 0.4) is 0 Å². The van der Waals surface area contributed by atoms with Gasteiger partial charge in [0, 0.05) is 18.8 Å². The van der Waals surface area contributed by atoms with Crippen molar-refractivity contribution in [3.63, 3.8) is 0 Å². The Labute approximate surface area is 160 Å². The van der Waals surface area contributed by atoms with Gasteiger partial charge in [-0.15, -0.1) is 0 Å². The fourth-order valence-electron chi connectivity index (χ4n) is 3.34. The zero-order valence-electron chi connectivity index (χ0n) is 18.4. The van der Waals surface area contributed by atoms with Gasteiger partial charge in [0.25, 0.3) is 0 Å². The Kier molecular flexibility index (Phi) is 7.08. The first kappa shape index (κ1) is 23.1. The van der Waals surface area contributed by atoms with Crippen LogP contribution in [-0.4, -0.2) is 32.3 Å². The third-order valence-electron chi connectivity index (χ3n) is 6.24. The minimum atomic E-state index is -1.97. The molecule has 0 bridgehead atoms. The third kappa shape index (κ3) is 5.29. The number of Topliss-reactive ketones (excluding diaryl/α,β-unsaturated/α-hetero) is 1. The van der Waals surface area contributed by atoms with Crippen molar-refractivity contribution >= 4 is 20.1 Å². The molecule has 1 aliphatic rings. The van der Waals surface area contributed by atoms with Gasteiger partial charge < -0.3 is 9.16 Å². The molecule has 1 aliphatic carbocycles. The van der Waals surface area contributed by atoms with E-state index in [1.54, 1.807) is 0 Å². The number of hydrogen-bond donors (Lipinski definition) is 0. The second kappa shape index (κ2) is 7.97. The molecule has 1 rings (SSSR count). The highest BCUT2D eigenvalue weighted by molar-refractivity contribution is 6.74. The molecule has 0 amide bonds. The lowest BCUT2D eigenvalue weighted by atomic mass is 9.68. The van der Waals surface area contributed by atoms with Gasteiger partial charge in [-0.25, -0.2) is 0 Å². The zero-order valence-corrected chi connectivity index (χ0v) is 19.4. The molecule has 0 saturated carbocycles. The summed E-state index contributed by atoms with van der Waals surface area (Å²) in [5.74, 6) is -0.0792. The first-order valence-corrected chi connectivity index (χ1v) is 12.6. The number of esters is 1. The summed E-state index contributed by atoms with van der Waals surface area (Å²) in [7, 11) is -1.97. The van der Waals surface area contributed by atoms with E-state index in [4.69, 9.17) is 9.16 Å². The van der Waals surface area contributed by atoms with Crippen LogP contribution >= 0.6 is 0 Å². The van der Waals surface area contributed by atoms with Crippen LogP contribution in [0.25, 0.3) is 0 Å². The lowest BCUT2D eigenvalue weighted by molar-refractivity contribution is -0.145. The fraction of sp³-hybridized carbons (Fsp3) is 0.810. The van der Waals surface area contributed by atoms with E-state index in [0.29, 0.717) is 6.42 Å². The molecule has 5 heteroatoms. The quantitative estimate of drug-likeness (QED) is 0.454. The van der Waals surface area contributed by atoms with Crippen molar-refractivity contribution in [2.45, 2.75) is 105 Å². The van der Waals surface area contributed by atoms with Crippen LogP contribution in [0.1, 0.15) is 74.7 Å². The number of ketones is 1. The van der Waals surface area contributed by atoms with Crippen LogP contribution in [-0.2, 0) is 18.8 Å². The summed E-state index contributed by atoms with van der Waals surface area (Å²) in [5, 5.41) is 0.104. The molecule has 150 valence electrons. The van der Waals surface area contributed by atoms with Gasteiger partial charge in [0.05, 0.1) is 12.2 Å². The summed E-state index contributed by atoms with van der Waals surface area (Å²) in [5.41, 5.74) is 1.81. The molecule has 0 aromatic rings. The van der Waals surface area contributed by atoms with Crippen molar-refractivity contribution in [2.75, 3.05) is 0 Å². The van der Waals surface area contributed by atoms with E-state index >= 15 is 0 Å². The van der Waals surface area contributed by atoms with Crippen molar-refractivity contribution in [3.8, 4) is 0 Å². The van der Waals surface area contributed by atoms with Crippen LogP contribution in [0, 0.1) is 5.41 Å². The Morgan fingerprint density at radius 2 is 1.85 bits per heavy atom. The molecular formula is C21H38O4Si. The monoisotopic (exact) mass is 382 g/mol. The van der Waals surface area contributed by atoms with Gasteiger partial charge in [0.1, 0.15) is 0 Å². The number of rotatable bonds is 6. The minimum absolute atomic E-state index is 0.0985. The van der Waals surface area contributed by atoms with Crippen LogP contribution in [0.2, 0.25) is 18.1 Å². The molecule has 0 aliphatic heterocycles. The molecule has 0 spiro atoms. The minimum Gasteiger partial charge on any atom is -0.463 e. The van der Waals surface area contributed by atoms with Gasteiger partial charge in [0.2, 0.25) is 0 Å². The van der Waals surface area contributed by atoms with E-state index in [1.807, 2.05) is 13.8 Å². The van der Waals surface area contributed by atoms with E-state index in [9.17, 15) is 9.59 Å². The van der Waals surface area contributed by atoms with Crippen LogP contribution in [0.4, 0.5) is 0 Å². The summed E-state index contributed by atoms with van der Waals surface area (Å²) in [6.45, 7) is 20.8. The normalized spacial score (nSPS) is 22.4. The molecule has 2 atom stereocenters. The van der Waals surface area contributed by atoms with Crippen molar-refractivity contribution in [1.82, 2.24) is 0 Å². The van der Waals surface area contributed by atoms with Gasteiger partial charge in [0.15, 0.2) is 14.1 Å². The Bertz CT molecular complexity index is 581. The highest BCUT2D eigenvalue weighted by Crippen LogP contribution is 2.47. The third-order valence-corrected chi connectivity index (χ3v) is 10.7. The largest absolute Gasteiger partial charge is 0.463 e. The molecule has 26 heavy (non-hydrogen) atoms. The number of carbonyl (C=O) groups is 2. The smallest absolute Gasteiger partial charge is 0.302 e. The molecule has 0 heterocycles. The predicted molar refractivity (Wildman–Crippen MR) is 109 cm³/mol. The number of carbonyl (C=O) groups excluding carboxylic acids is 2. The first-order chi connectivity index (χ1) is 11.6. The van der Waals surface area contributed by atoms with Gasteiger partial charge in [-0.2, -0.15) is 0 Å². The lowest BCUT2D eigenvalue weighted by Crippen LogP contribution is -2.50. The summed E-state index contributed by atoms with van der Waals surface area (Å²) in [4.78, 5) is 23.8. The maximum atomic E-state index is 12.7. The average molecular weight is 383 g/mol. The van der Waals surface area contributed by atoms with E-state index in [-0.39, 0.29) is 34.4 Å². The maximum absolute atomic E-state index is 12.7. The summed E-state index contributed by atoms with van der Waals surface area (Å²) < 4.78 is 11.9. The van der Waals surface area contributed by atoms with E-state index < -0.39 is 8.32 Å². The number of ether oxygens (including phenoxy) is 1. The summed E-state index contributed by atoms with van der Waals surface area (Å²) >= 11 is 0. The van der Waals surface area contributed by atoms with Gasteiger partial charge >= 0.3 is 5.97 Å². The Morgan fingerprint density at radius 1 is 1.31 bits per heavy atom.